The number of fused-ring (bicyclic) bond motifs is 2. The van der Waals surface area contributed by atoms with E-state index in [-0.39, 0.29) is 22.2 Å². The third-order valence-electron chi connectivity index (χ3n) is 6.20. The van der Waals surface area contributed by atoms with Crippen LogP contribution < -0.4 is 20.4 Å². The number of halogens is 2. The monoisotopic (exact) mass is 519 g/mol. The molecule has 2 atom stereocenters. The van der Waals surface area contributed by atoms with Crippen LogP contribution in [0.4, 0.5) is 14.9 Å². The molecule has 2 aromatic rings. The van der Waals surface area contributed by atoms with Crippen LogP contribution in [0.25, 0.3) is 10.9 Å². The molecule has 34 heavy (non-hydrogen) atoms. The zero-order valence-electron chi connectivity index (χ0n) is 17.8. The first-order valence-electron chi connectivity index (χ1n) is 10.6. The molecule has 4 N–H and O–H groups in total. The van der Waals surface area contributed by atoms with Crippen molar-refractivity contribution in [2.24, 2.45) is 5.92 Å². The molecule has 0 bridgehead atoms. The van der Waals surface area contributed by atoms with E-state index in [1.54, 1.807) is 4.57 Å². The summed E-state index contributed by atoms with van der Waals surface area (Å²) in [7, 11) is -4.67. The van der Waals surface area contributed by atoms with Crippen LogP contribution >= 0.6 is 11.6 Å². The summed E-state index contributed by atoms with van der Waals surface area (Å²) in [5.41, 5.74) is 0.0793. The fraction of sp³-hybridized carbons (Fsp3) is 0.500. The number of nitrogens with zero attached hydrogens (tertiary/aromatic N) is 2. The predicted molar refractivity (Wildman–Crippen MR) is 121 cm³/mol. The molecule has 11 nitrogen and oxygen atoms in total. The lowest BCUT2D eigenvalue weighted by Crippen LogP contribution is -2.40. The van der Waals surface area contributed by atoms with Crippen molar-refractivity contribution >= 4 is 44.7 Å². The molecule has 0 spiro atoms. The second-order valence-electron chi connectivity index (χ2n) is 8.56. The number of pyridine rings is 1. The van der Waals surface area contributed by atoms with Gasteiger partial charge in [0, 0.05) is 25.2 Å². The second-order valence-corrected chi connectivity index (χ2v) is 9.84. The van der Waals surface area contributed by atoms with Crippen molar-refractivity contribution in [3.05, 3.63) is 33.3 Å². The molecule has 3 aliphatic rings. The molecule has 1 saturated carbocycles. The molecule has 3 fully saturated rings. The Kier molecular flexibility index (Phi) is 6.75. The number of anilines is 1. The molecule has 14 heteroatoms. The van der Waals surface area contributed by atoms with Gasteiger partial charge in [0.1, 0.15) is 5.82 Å². The molecule has 0 unspecified atom stereocenters. The standard InChI is InChI=1S/C20H21ClFN3O4.H2O4S/c21-16-17-12(19(26)15(29-20(27)28)9-25(17)11-3-4-11)6-13(22)18(16)24-7-10-2-1-5-23-14(10)8-24;1-5(2,3)4/h6,9-11,14,23H,1-5,7-8H2,(H,27,28);(H2,1,2,3,4)/t10-,14+;/m0./s1. The molecule has 1 aliphatic carbocycles. The van der Waals surface area contributed by atoms with E-state index in [1.807, 2.05) is 4.90 Å². The van der Waals surface area contributed by atoms with Crippen LogP contribution in [0.15, 0.2) is 17.1 Å². The van der Waals surface area contributed by atoms with Crippen molar-refractivity contribution in [3.63, 3.8) is 0 Å². The van der Waals surface area contributed by atoms with Crippen LogP contribution in [0.5, 0.6) is 5.75 Å². The van der Waals surface area contributed by atoms with Crippen molar-refractivity contribution in [3.8, 4) is 5.75 Å². The molecule has 0 radical (unpaired) electrons. The van der Waals surface area contributed by atoms with E-state index in [4.69, 9.17) is 34.2 Å². The molecule has 5 rings (SSSR count). The highest BCUT2D eigenvalue weighted by Gasteiger charge is 2.37. The Balaban J connectivity index is 0.000000499. The predicted octanol–water partition coefficient (Wildman–Crippen LogP) is 2.72. The number of hydrogen-bond donors (Lipinski definition) is 4. The highest BCUT2D eigenvalue weighted by atomic mass is 35.5. The lowest BCUT2D eigenvalue weighted by atomic mass is 9.94. The topological polar surface area (TPSA) is 158 Å². The molecule has 1 aromatic heterocycles. The zero-order chi connectivity index (χ0) is 24.8. The van der Waals surface area contributed by atoms with Gasteiger partial charge in [0.05, 0.1) is 27.8 Å². The first-order chi connectivity index (χ1) is 15.9. The van der Waals surface area contributed by atoms with Crippen molar-refractivity contribution < 1.29 is 36.6 Å². The van der Waals surface area contributed by atoms with Crippen LogP contribution in [-0.4, -0.2) is 59.0 Å². The van der Waals surface area contributed by atoms with Gasteiger partial charge in [-0.25, -0.2) is 9.18 Å². The summed E-state index contributed by atoms with van der Waals surface area (Å²) in [6.45, 7) is 2.35. The molecule has 186 valence electrons. The summed E-state index contributed by atoms with van der Waals surface area (Å²) in [6, 6.07) is 1.57. The van der Waals surface area contributed by atoms with Gasteiger partial charge in [-0.05, 0) is 44.2 Å². The van der Waals surface area contributed by atoms with E-state index in [2.05, 4.69) is 10.1 Å². The van der Waals surface area contributed by atoms with Gasteiger partial charge >= 0.3 is 16.6 Å². The molecule has 2 saturated heterocycles. The summed E-state index contributed by atoms with van der Waals surface area (Å²) >= 11 is 6.71. The van der Waals surface area contributed by atoms with E-state index in [1.165, 1.54) is 12.3 Å². The molecular weight excluding hydrogens is 497 g/mol. The SMILES string of the molecule is O=C(O)Oc1cn(C2CC2)c2c(Cl)c(N3C[C@@H]4CCCN[C@@H]4C3)c(F)cc2c1=O.O=S(=O)(O)O. The normalized spacial score (nSPS) is 22.2. The van der Waals surface area contributed by atoms with Crippen molar-refractivity contribution in [1.82, 2.24) is 9.88 Å². The molecule has 2 aliphatic heterocycles. The van der Waals surface area contributed by atoms with Crippen LogP contribution in [0, 0.1) is 11.7 Å². The number of piperidine rings is 1. The summed E-state index contributed by atoms with van der Waals surface area (Å²) in [4.78, 5) is 25.7. The second kappa shape index (κ2) is 9.30. The number of carbonyl (C=O) groups is 1. The highest BCUT2D eigenvalue weighted by molar-refractivity contribution is 7.79. The Morgan fingerprint density at radius 3 is 2.50 bits per heavy atom. The maximum atomic E-state index is 15.2. The van der Waals surface area contributed by atoms with Gasteiger partial charge in [-0.2, -0.15) is 8.42 Å². The maximum Gasteiger partial charge on any atom is 0.511 e. The number of nitrogens with one attached hydrogen (secondary N) is 1. The van der Waals surface area contributed by atoms with E-state index in [9.17, 15) is 9.59 Å². The Bertz CT molecular complexity index is 1280. The number of ether oxygens (including phenoxy) is 1. The van der Waals surface area contributed by atoms with Gasteiger partial charge < -0.3 is 24.6 Å². The average molecular weight is 520 g/mol. The minimum Gasteiger partial charge on any atom is -0.449 e. The van der Waals surface area contributed by atoms with E-state index >= 15 is 4.39 Å². The van der Waals surface area contributed by atoms with Gasteiger partial charge in [-0.1, -0.05) is 11.6 Å². The van der Waals surface area contributed by atoms with Crippen molar-refractivity contribution in [1.29, 1.82) is 0 Å². The van der Waals surface area contributed by atoms with Crippen LogP contribution in [-0.2, 0) is 10.4 Å². The zero-order valence-corrected chi connectivity index (χ0v) is 19.4. The lowest BCUT2D eigenvalue weighted by molar-refractivity contribution is 0.143. The third-order valence-corrected chi connectivity index (χ3v) is 6.56. The Labute approximate surface area is 198 Å². The fourth-order valence-corrected chi connectivity index (χ4v) is 5.14. The molecule has 1 aromatic carbocycles. The smallest absolute Gasteiger partial charge is 0.449 e. The summed E-state index contributed by atoms with van der Waals surface area (Å²) in [6.07, 6.45) is 3.77. The lowest BCUT2D eigenvalue weighted by Gasteiger charge is -2.24. The summed E-state index contributed by atoms with van der Waals surface area (Å²) < 4.78 is 53.2. The van der Waals surface area contributed by atoms with Crippen LogP contribution in [0.3, 0.4) is 0 Å². The Morgan fingerprint density at radius 1 is 1.24 bits per heavy atom. The highest BCUT2D eigenvalue weighted by Crippen LogP contribution is 2.44. The Morgan fingerprint density at radius 2 is 1.91 bits per heavy atom. The number of hydrogen-bond acceptors (Lipinski definition) is 7. The van der Waals surface area contributed by atoms with E-state index < -0.39 is 27.8 Å². The number of aromatic nitrogens is 1. The molecule has 3 heterocycles. The van der Waals surface area contributed by atoms with Crippen LogP contribution in [0.1, 0.15) is 31.7 Å². The number of carboxylic acid groups (broad SMARTS) is 1. The number of rotatable bonds is 3. The van der Waals surface area contributed by atoms with E-state index in [0.29, 0.717) is 36.3 Å². The molecule has 0 amide bonds. The van der Waals surface area contributed by atoms with Crippen molar-refractivity contribution in [2.75, 3.05) is 24.5 Å². The first-order valence-corrected chi connectivity index (χ1v) is 12.4. The fourth-order valence-electron chi connectivity index (χ4n) is 4.73. The quantitative estimate of drug-likeness (QED) is 0.351. The van der Waals surface area contributed by atoms with Gasteiger partial charge in [0.2, 0.25) is 5.43 Å². The third kappa shape index (κ3) is 5.28. The van der Waals surface area contributed by atoms with Gasteiger partial charge in [-0.15, -0.1) is 0 Å². The average Bonchev–Trinajstić information content (AvgIpc) is 3.47. The van der Waals surface area contributed by atoms with E-state index in [0.717, 1.165) is 32.2 Å². The van der Waals surface area contributed by atoms with Crippen LogP contribution in [0.2, 0.25) is 5.02 Å². The van der Waals surface area contributed by atoms with Gasteiger partial charge in [0.25, 0.3) is 0 Å². The van der Waals surface area contributed by atoms with Crippen molar-refractivity contribution in [2.45, 2.75) is 37.8 Å². The van der Waals surface area contributed by atoms with Gasteiger partial charge in [-0.3, -0.25) is 13.9 Å². The Hall–Kier alpha value is -2.45. The largest absolute Gasteiger partial charge is 0.511 e. The minimum atomic E-state index is -4.67. The first kappa shape index (κ1) is 24.7. The maximum absolute atomic E-state index is 15.2. The number of benzene rings is 1. The molecular formula is C20H23ClFN3O8S. The summed E-state index contributed by atoms with van der Waals surface area (Å²) in [5, 5.41) is 12.7. The van der Waals surface area contributed by atoms with Gasteiger partial charge in [0.15, 0.2) is 5.75 Å². The minimum absolute atomic E-state index is 0.0386. The summed E-state index contributed by atoms with van der Waals surface area (Å²) in [5.74, 6) is -0.462.